The lowest BCUT2D eigenvalue weighted by atomic mass is 9.77. The molecule has 0 aliphatic heterocycles. The number of nitro groups is 1. The molecule has 2 N–H and O–H groups in total. The topological polar surface area (TPSA) is 137 Å². The van der Waals surface area contributed by atoms with E-state index in [9.17, 15) is 23.6 Å². The molecular weight excluding hydrogens is 576 g/mol. The normalized spacial score (nSPS) is 14.2. The number of hydrogen-bond acceptors (Lipinski definition) is 8. The van der Waals surface area contributed by atoms with E-state index in [1.165, 1.54) is 14.2 Å². The highest BCUT2D eigenvalue weighted by molar-refractivity contribution is 7.89. The average Bonchev–Trinajstić information content (AvgIpc) is 2.94. The third-order valence-corrected chi connectivity index (χ3v) is 13.9. The summed E-state index contributed by atoms with van der Waals surface area (Å²) in [5.41, 5.74) is -1.74. The van der Waals surface area contributed by atoms with E-state index in [-0.39, 0.29) is 15.6 Å². The van der Waals surface area contributed by atoms with Gasteiger partial charge in [0.25, 0.3) is 5.69 Å². The van der Waals surface area contributed by atoms with Crippen LogP contribution < -0.4 is 14.2 Å². The number of para-hydroxylation sites is 2. The lowest BCUT2D eigenvalue weighted by Gasteiger charge is -2.45. The first kappa shape index (κ1) is 33.2. The Bertz CT molecular complexity index is 1460. The van der Waals surface area contributed by atoms with Crippen molar-refractivity contribution >= 4 is 24.0 Å². The molecule has 3 aromatic rings. The number of rotatable bonds is 12. The van der Waals surface area contributed by atoms with Crippen molar-refractivity contribution in [3.63, 3.8) is 0 Å². The number of nitrogens with one attached hydrogen (secondary N) is 1. The van der Waals surface area contributed by atoms with Crippen LogP contribution in [0, 0.1) is 10.1 Å². The first-order valence-electron chi connectivity index (χ1n) is 13.4. The predicted molar refractivity (Wildman–Crippen MR) is 164 cm³/mol. The molecule has 0 spiro atoms. The number of aliphatic hydroxyl groups is 1. The minimum atomic E-state index is -4.36. The lowest BCUT2D eigenvalue weighted by molar-refractivity contribution is -0.384. The molecule has 2 atom stereocenters. The van der Waals surface area contributed by atoms with Gasteiger partial charge in [-0.05, 0) is 49.3 Å². The number of methoxy groups -OCH3 is 2. The van der Waals surface area contributed by atoms with E-state index in [2.05, 4.69) is 25.5 Å². The molecule has 3 rings (SSSR count). The molecular formula is C30H40N2O8SSi. The second-order valence-corrected chi connectivity index (χ2v) is 18.1. The zero-order valence-corrected chi connectivity index (χ0v) is 27.1. The van der Waals surface area contributed by atoms with Crippen molar-refractivity contribution in [1.82, 2.24) is 4.72 Å². The first-order chi connectivity index (χ1) is 19.5. The van der Waals surface area contributed by atoms with Gasteiger partial charge in [0.05, 0.1) is 36.2 Å². The van der Waals surface area contributed by atoms with E-state index in [0.29, 0.717) is 22.6 Å². The lowest BCUT2D eigenvalue weighted by Crippen LogP contribution is -2.60. The summed E-state index contributed by atoms with van der Waals surface area (Å²) in [6, 6.07) is 16.8. The van der Waals surface area contributed by atoms with E-state index in [1.54, 1.807) is 55.5 Å². The zero-order valence-electron chi connectivity index (χ0n) is 25.2. The van der Waals surface area contributed by atoms with Crippen LogP contribution in [0.15, 0.2) is 77.7 Å². The highest BCUT2D eigenvalue weighted by Gasteiger charge is 2.51. The quantitative estimate of drug-likeness (QED) is 0.152. The number of hydrogen-bond donors (Lipinski definition) is 2. The fraction of sp³-hybridized carbons (Fsp3) is 0.400. The fourth-order valence-electron chi connectivity index (χ4n) is 4.61. The highest BCUT2D eigenvalue weighted by Crippen LogP contribution is 2.45. The van der Waals surface area contributed by atoms with Crippen molar-refractivity contribution in [2.75, 3.05) is 14.2 Å². The molecule has 12 heteroatoms. The fourth-order valence-corrected chi connectivity index (χ4v) is 7.36. The van der Waals surface area contributed by atoms with Crippen molar-refractivity contribution in [2.24, 2.45) is 0 Å². The molecule has 0 fully saturated rings. The SMILES string of the molecule is COc1ccccc1C(O)(c1ccccc1OC)C(NS(=O)(=O)c1ccc([N+](=O)[O-])cc1)C(C)O[Si](C)(C)C(C)(C)C. The number of benzene rings is 3. The Morgan fingerprint density at radius 3 is 1.74 bits per heavy atom. The summed E-state index contributed by atoms with van der Waals surface area (Å²) in [4.78, 5) is 10.4. The molecule has 0 aromatic heterocycles. The highest BCUT2D eigenvalue weighted by atomic mass is 32.2. The van der Waals surface area contributed by atoms with Gasteiger partial charge in [0.2, 0.25) is 10.0 Å². The van der Waals surface area contributed by atoms with Crippen LogP contribution in [0.25, 0.3) is 0 Å². The van der Waals surface area contributed by atoms with E-state index in [0.717, 1.165) is 24.3 Å². The Morgan fingerprint density at radius 1 is 0.881 bits per heavy atom. The molecule has 228 valence electrons. The van der Waals surface area contributed by atoms with Crippen LogP contribution in [0.5, 0.6) is 11.5 Å². The molecule has 0 aliphatic rings. The molecule has 42 heavy (non-hydrogen) atoms. The van der Waals surface area contributed by atoms with E-state index in [1.807, 2.05) is 13.1 Å². The van der Waals surface area contributed by atoms with Gasteiger partial charge in [-0.1, -0.05) is 57.2 Å². The number of sulfonamides is 1. The smallest absolute Gasteiger partial charge is 0.269 e. The van der Waals surface area contributed by atoms with E-state index >= 15 is 0 Å². The number of nitrogens with zero attached hydrogens (tertiary/aromatic N) is 1. The van der Waals surface area contributed by atoms with Crippen molar-refractivity contribution in [2.45, 2.75) is 68.5 Å². The predicted octanol–water partition coefficient (Wildman–Crippen LogP) is 5.61. The molecule has 10 nitrogen and oxygen atoms in total. The van der Waals surface area contributed by atoms with Crippen LogP contribution in [0.2, 0.25) is 18.1 Å². The Labute approximate surface area is 249 Å². The maximum atomic E-state index is 13.9. The standard InChI is InChI=1S/C30H40N2O8SSi/c1-21(40-42(7,8)29(2,3)4)28(31-41(36,37)23-19-17-22(18-20-23)32(34)35)30(33,24-13-9-11-15-26(24)38-5)25-14-10-12-16-27(25)39-6/h9-21,28,31,33H,1-8H3. The second kappa shape index (κ2) is 12.5. The van der Waals surface area contributed by atoms with Gasteiger partial charge in [-0.15, -0.1) is 0 Å². The monoisotopic (exact) mass is 616 g/mol. The second-order valence-electron chi connectivity index (χ2n) is 11.6. The van der Waals surface area contributed by atoms with E-state index in [4.69, 9.17) is 13.9 Å². The van der Waals surface area contributed by atoms with Crippen LogP contribution in [-0.4, -0.2) is 53.1 Å². The molecule has 0 bridgehead atoms. The minimum Gasteiger partial charge on any atom is -0.496 e. The number of nitro benzene ring substituents is 1. The van der Waals surface area contributed by atoms with Crippen LogP contribution in [0.3, 0.4) is 0 Å². The Morgan fingerprint density at radius 2 is 1.33 bits per heavy atom. The summed E-state index contributed by atoms with van der Waals surface area (Å²) in [5.74, 6) is 0.648. The molecule has 0 saturated heterocycles. The van der Waals surface area contributed by atoms with Crippen LogP contribution in [0.1, 0.15) is 38.8 Å². The maximum Gasteiger partial charge on any atom is 0.269 e. The van der Waals surface area contributed by atoms with Gasteiger partial charge in [-0.3, -0.25) is 10.1 Å². The third kappa shape index (κ3) is 6.68. The molecule has 0 amide bonds. The van der Waals surface area contributed by atoms with Crippen LogP contribution in [0.4, 0.5) is 5.69 Å². The molecule has 3 aromatic carbocycles. The largest absolute Gasteiger partial charge is 0.496 e. The van der Waals surface area contributed by atoms with Gasteiger partial charge in [0, 0.05) is 23.3 Å². The summed E-state index contributed by atoms with van der Waals surface area (Å²) in [5, 5.41) is 23.9. The average molecular weight is 617 g/mol. The maximum absolute atomic E-state index is 13.9. The third-order valence-electron chi connectivity index (χ3n) is 7.88. The van der Waals surface area contributed by atoms with Gasteiger partial charge < -0.3 is 19.0 Å². The first-order valence-corrected chi connectivity index (χ1v) is 17.8. The van der Waals surface area contributed by atoms with Crippen molar-refractivity contribution in [1.29, 1.82) is 0 Å². The Balaban J connectivity index is 2.33. The number of ether oxygens (including phenoxy) is 2. The summed E-state index contributed by atoms with van der Waals surface area (Å²) < 4.78 is 48.5. The Kier molecular flexibility index (Phi) is 9.90. The van der Waals surface area contributed by atoms with Crippen LogP contribution >= 0.6 is 0 Å². The summed E-state index contributed by atoms with van der Waals surface area (Å²) in [6.07, 6.45) is -0.876. The van der Waals surface area contributed by atoms with Crippen LogP contribution in [-0.2, 0) is 20.1 Å². The molecule has 0 radical (unpaired) electrons. The van der Waals surface area contributed by atoms with Gasteiger partial charge in [0.1, 0.15) is 17.1 Å². The molecule has 0 heterocycles. The van der Waals surface area contributed by atoms with Crippen molar-refractivity contribution < 1.29 is 32.3 Å². The van der Waals surface area contributed by atoms with Gasteiger partial charge in [-0.25, -0.2) is 13.1 Å². The summed E-state index contributed by atoms with van der Waals surface area (Å²) in [7, 11) is -3.94. The zero-order chi connectivity index (χ0) is 31.5. The summed E-state index contributed by atoms with van der Waals surface area (Å²) in [6.45, 7) is 12.0. The molecule has 0 saturated carbocycles. The van der Waals surface area contributed by atoms with Gasteiger partial charge in [-0.2, -0.15) is 0 Å². The van der Waals surface area contributed by atoms with Crippen molar-refractivity contribution in [3.8, 4) is 11.5 Å². The molecule has 0 aliphatic carbocycles. The van der Waals surface area contributed by atoms with E-state index < -0.39 is 41.0 Å². The number of non-ortho nitro benzene ring substituents is 1. The van der Waals surface area contributed by atoms with Gasteiger partial charge in [0.15, 0.2) is 8.32 Å². The minimum absolute atomic E-state index is 0.208. The molecule has 2 unspecified atom stereocenters. The Hall–Kier alpha value is -3.29. The summed E-state index contributed by atoms with van der Waals surface area (Å²) >= 11 is 0. The van der Waals surface area contributed by atoms with Crippen molar-refractivity contribution in [3.05, 3.63) is 94.0 Å². The van der Waals surface area contributed by atoms with Gasteiger partial charge >= 0.3 is 0 Å².